The molecule has 1 atom stereocenters. The van der Waals surface area contributed by atoms with Crippen LogP contribution in [0.5, 0.6) is 0 Å². The van der Waals surface area contributed by atoms with Gasteiger partial charge in [-0.05, 0) is 18.1 Å². The molecule has 0 spiro atoms. The molecule has 4 nitrogen and oxygen atoms in total. The van der Waals surface area contributed by atoms with E-state index in [0.29, 0.717) is 6.42 Å². The van der Waals surface area contributed by atoms with Crippen LogP contribution in [0.4, 0.5) is 5.69 Å². The second-order valence-electron chi connectivity index (χ2n) is 5.51. The molecule has 21 heavy (non-hydrogen) atoms. The Morgan fingerprint density at radius 2 is 2.19 bits per heavy atom. The molecule has 1 N–H and O–H groups in total. The minimum absolute atomic E-state index is 0.000422. The van der Waals surface area contributed by atoms with E-state index in [-0.39, 0.29) is 11.9 Å². The number of nitrogens with one attached hydrogen (secondary N) is 1. The zero-order chi connectivity index (χ0) is 14.8. The molecule has 0 aliphatic carbocycles. The number of H-pyrrole nitrogens is 1. The minimum Gasteiger partial charge on any atom is -0.344 e. The predicted molar refractivity (Wildman–Crippen MR) is 83.2 cm³/mol. The lowest BCUT2D eigenvalue weighted by Crippen LogP contribution is -2.32. The van der Waals surface area contributed by atoms with Gasteiger partial charge in [0.05, 0.1) is 6.04 Å². The molecule has 4 heteroatoms. The lowest BCUT2D eigenvalue weighted by atomic mass is 10.1. The van der Waals surface area contributed by atoms with Crippen LogP contribution in [-0.4, -0.2) is 15.9 Å². The van der Waals surface area contributed by atoms with E-state index in [1.54, 1.807) is 0 Å². The van der Waals surface area contributed by atoms with Crippen molar-refractivity contribution in [3.05, 3.63) is 47.5 Å². The highest BCUT2D eigenvalue weighted by atomic mass is 16.2. The Morgan fingerprint density at radius 1 is 1.38 bits per heavy atom. The van der Waals surface area contributed by atoms with Gasteiger partial charge in [-0.25, -0.2) is 4.98 Å². The monoisotopic (exact) mass is 283 g/mol. The molecular weight excluding hydrogens is 262 g/mol. The van der Waals surface area contributed by atoms with Gasteiger partial charge in [0, 0.05) is 30.4 Å². The summed E-state index contributed by atoms with van der Waals surface area (Å²) in [5.41, 5.74) is 3.40. The number of anilines is 1. The highest BCUT2D eigenvalue weighted by molar-refractivity contribution is 5.96. The van der Waals surface area contributed by atoms with Gasteiger partial charge in [0.2, 0.25) is 5.91 Å². The molecule has 1 aliphatic heterocycles. The smallest absolute Gasteiger partial charge is 0.227 e. The third kappa shape index (κ3) is 2.46. The fourth-order valence-corrected chi connectivity index (χ4v) is 3.03. The SMILES string of the molecule is CCCc1cnc(C2Cc3ccccc3N2C(=O)CC)[nH]1. The number of nitrogens with zero attached hydrogens (tertiary/aromatic N) is 2. The highest BCUT2D eigenvalue weighted by Gasteiger charge is 2.35. The van der Waals surface area contributed by atoms with Gasteiger partial charge in [0.1, 0.15) is 5.82 Å². The van der Waals surface area contributed by atoms with Gasteiger partial charge in [-0.2, -0.15) is 0 Å². The summed E-state index contributed by atoms with van der Waals surface area (Å²) in [4.78, 5) is 22.2. The summed E-state index contributed by atoms with van der Waals surface area (Å²) in [5.74, 6) is 1.05. The van der Waals surface area contributed by atoms with Gasteiger partial charge in [-0.15, -0.1) is 0 Å². The second-order valence-corrected chi connectivity index (χ2v) is 5.51. The van der Waals surface area contributed by atoms with Gasteiger partial charge >= 0.3 is 0 Å². The van der Waals surface area contributed by atoms with Crippen LogP contribution >= 0.6 is 0 Å². The van der Waals surface area contributed by atoms with Crippen molar-refractivity contribution in [1.82, 2.24) is 9.97 Å². The van der Waals surface area contributed by atoms with Crippen LogP contribution in [0.3, 0.4) is 0 Å². The first-order chi connectivity index (χ1) is 10.2. The maximum absolute atomic E-state index is 12.4. The van der Waals surface area contributed by atoms with Crippen molar-refractivity contribution in [3.63, 3.8) is 0 Å². The molecule has 110 valence electrons. The minimum atomic E-state index is 0.000422. The van der Waals surface area contributed by atoms with Gasteiger partial charge in [0.15, 0.2) is 0 Å². The fourth-order valence-electron chi connectivity index (χ4n) is 3.03. The Labute approximate surface area is 125 Å². The number of aromatic nitrogens is 2. The molecule has 0 saturated carbocycles. The third-order valence-corrected chi connectivity index (χ3v) is 4.03. The van der Waals surface area contributed by atoms with E-state index in [4.69, 9.17) is 0 Å². The van der Waals surface area contributed by atoms with Crippen LogP contribution in [-0.2, 0) is 17.6 Å². The molecule has 0 bridgehead atoms. The number of hydrogen-bond acceptors (Lipinski definition) is 2. The molecule has 1 unspecified atom stereocenters. The number of aromatic amines is 1. The number of imidazole rings is 1. The Bertz CT molecular complexity index is 647. The zero-order valence-corrected chi connectivity index (χ0v) is 12.6. The molecule has 1 amide bonds. The van der Waals surface area contributed by atoms with Gasteiger partial charge in [0.25, 0.3) is 0 Å². The maximum Gasteiger partial charge on any atom is 0.227 e. The van der Waals surface area contributed by atoms with Crippen LogP contribution in [0.2, 0.25) is 0 Å². The first kappa shape index (κ1) is 13.9. The van der Waals surface area contributed by atoms with Crippen LogP contribution in [0.1, 0.15) is 49.8 Å². The normalized spacial score (nSPS) is 17.0. The zero-order valence-electron chi connectivity index (χ0n) is 12.6. The lowest BCUT2D eigenvalue weighted by molar-refractivity contribution is -0.118. The third-order valence-electron chi connectivity index (χ3n) is 4.03. The number of fused-ring (bicyclic) bond motifs is 1. The number of aryl methyl sites for hydroxylation is 1. The molecular formula is C17H21N3O. The summed E-state index contributed by atoms with van der Waals surface area (Å²) < 4.78 is 0. The van der Waals surface area contributed by atoms with Crippen molar-refractivity contribution in [2.75, 3.05) is 4.90 Å². The number of carbonyl (C=O) groups excluding carboxylic acids is 1. The molecule has 1 aromatic carbocycles. The Balaban J connectivity index is 1.96. The molecule has 0 radical (unpaired) electrons. The first-order valence-electron chi connectivity index (χ1n) is 7.68. The molecule has 0 saturated heterocycles. The van der Waals surface area contributed by atoms with Crippen LogP contribution < -0.4 is 4.90 Å². The van der Waals surface area contributed by atoms with Gasteiger partial charge in [-0.3, -0.25) is 4.79 Å². The fraction of sp³-hybridized carbons (Fsp3) is 0.412. The summed E-state index contributed by atoms with van der Waals surface area (Å²) in [6.45, 7) is 4.06. The molecule has 1 aromatic heterocycles. The van der Waals surface area contributed by atoms with Crippen molar-refractivity contribution in [1.29, 1.82) is 0 Å². The summed E-state index contributed by atoms with van der Waals surface area (Å²) in [5, 5.41) is 0. The summed E-state index contributed by atoms with van der Waals surface area (Å²) in [6, 6.07) is 8.14. The van der Waals surface area contributed by atoms with Crippen molar-refractivity contribution in [3.8, 4) is 0 Å². The van der Waals surface area contributed by atoms with Crippen molar-refractivity contribution in [2.45, 2.75) is 45.6 Å². The number of hydrogen-bond donors (Lipinski definition) is 1. The van der Waals surface area contributed by atoms with Crippen LogP contribution in [0.25, 0.3) is 0 Å². The summed E-state index contributed by atoms with van der Waals surface area (Å²) in [6.07, 6.45) is 5.32. The molecule has 1 aliphatic rings. The van der Waals surface area contributed by atoms with E-state index in [1.165, 1.54) is 5.56 Å². The number of benzene rings is 1. The predicted octanol–water partition coefficient (Wildman–Crippen LogP) is 3.40. The Morgan fingerprint density at radius 3 is 2.95 bits per heavy atom. The van der Waals surface area contributed by atoms with Crippen molar-refractivity contribution < 1.29 is 4.79 Å². The average Bonchev–Trinajstić information content (AvgIpc) is 3.10. The van der Waals surface area contributed by atoms with Gasteiger partial charge < -0.3 is 9.88 Å². The lowest BCUT2D eigenvalue weighted by Gasteiger charge is -2.23. The molecule has 0 fully saturated rings. The highest BCUT2D eigenvalue weighted by Crippen LogP contribution is 2.39. The number of amides is 1. The van der Waals surface area contributed by atoms with Crippen molar-refractivity contribution >= 4 is 11.6 Å². The van der Waals surface area contributed by atoms with E-state index in [0.717, 1.165) is 36.5 Å². The molecule has 2 heterocycles. The maximum atomic E-state index is 12.4. The quantitative estimate of drug-likeness (QED) is 0.935. The topological polar surface area (TPSA) is 49.0 Å². The van der Waals surface area contributed by atoms with E-state index in [9.17, 15) is 4.79 Å². The first-order valence-corrected chi connectivity index (χ1v) is 7.68. The number of para-hydroxylation sites is 1. The van der Waals surface area contributed by atoms with Crippen LogP contribution in [0.15, 0.2) is 30.5 Å². The molecule has 2 aromatic rings. The van der Waals surface area contributed by atoms with E-state index in [2.05, 4.69) is 23.0 Å². The van der Waals surface area contributed by atoms with E-state index in [1.807, 2.05) is 36.2 Å². The largest absolute Gasteiger partial charge is 0.344 e. The number of carbonyl (C=O) groups is 1. The van der Waals surface area contributed by atoms with Gasteiger partial charge in [-0.1, -0.05) is 38.5 Å². The van der Waals surface area contributed by atoms with E-state index < -0.39 is 0 Å². The molecule has 3 rings (SSSR count). The standard InChI is InChI=1S/C17H21N3O/c1-3-7-13-11-18-17(19-13)15-10-12-8-5-6-9-14(12)20(15)16(21)4-2/h5-6,8-9,11,15H,3-4,7,10H2,1-2H3,(H,18,19). The van der Waals surface area contributed by atoms with E-state index >= 15 is 0 Å². The Kier molecular flexibility index (Phi) is 3.78. The number of rotatable bonds is 4. The Hall–Kier alpha value is -2.10. The summed E-state index contributed by atoms with van der Waals surface area (Å²) >= 11 is 0. The van der Waals surface area contributed by atoms with Crippen molar-refractivity contribution in [2.24, 2.45) is 0 Å². The average molecular weight is 283 g/mol. The van der Waals surface area contributed by atoms with Crippen LogP contribution in [0, 0.1) is 0 Å². The summed E-state index contributed by atoms with van der Waals surface area (Å²) in [7, 11) is 0. The second kappa shape index (κ2) is 5.72.